The number of hydrogen-bond donors (Lipinski definition) is 1. The van der Waals surface area contributed by atoms with Crippen LogP contribution in [0.15, 0.2) is 23.1 Å². The molecule has 0 saturated carbocycles. The Morgan fingerprint density at radius 3 is 2.83 bits per heavy atom. The van der Waals surface area contributed by atoms with Crippen molar-refractivity contribution in [3.63, 3.8) is 0 Å². The van der Waals surface area contributed by atoms with Crippen molar-refractivity contribution in [1.29, 1.82) is 0 Å². The second kappa shape index (κ2) is 8.84. The van der Waals surface area contributed by atoms with Crippen LogP contribution in [0.5, 0.6) is 11.5 Å². The van der Waals surface area contributed by atoms with E-state index in [-0.39, 0.29) is 5.91 Å². The van der Waals surface area contributed by atoms with Crippen molar-refractivity contribution < 1.29 is 14.3 Å². The maximum atomic E-state index is 12.7. The fraction of sp³-hybridized carbons (Fsp3) is 0.435. The SMILES string of the molecule is COc1ccc(CCNC(=O)C2=Cc3sc4c(c3CS2)CCC(C)C4)cc1OC. The number of carbonyl (C=O) groups is 1. The van der Waals surface area contributed by atoms with Gasteiger partial charge in [-0.3, -0.25) is 4.79 Å². The molecule has 0 saturated heterocycles. The fourth-order valence-corrected chi connectivity index (χ4v) is 6.67. The Labute approximate surface area is 180 Å². The standard InChI is InChI=1S/C23H27NO3S2/c1-14-4-6-16-17-13-28-22(12-21(17)29-20(16)10-14)23(25)24-9-8-15-5-7-18(26-2)19(11-15)27-3/h5,7,11-12,14H,4,6,8-10,13H2,1-3H3,(H,24,25). The molecule has 1 aliphatic heterocycles. The van der Waals surface area contributed by atoms with Crippen LogP contribution in [-0.2, 0) is 29.8 Å². The normalized spacial score (nSPS) is 17.8. The van der Waals surface area contributed by atoms with Gasteiger partial charge in [0.25, 0.3) is 5.91 Å². The topological polar surface area (TPSA) is 47.6 Å². The second-order valence-corrected chi connectivity index (χ2v) is 9.84. The number of nitrogens with one attached hydrogen (secondary N) is 1. The minimum Gasteiger partial charge on any atom is -0.493 e. The minimum absolute atomic E-state index is 0.0286. The molecule has 4 rings (SSSR count). The number of methoxy groups -OCH3 is 2. The Bertz CT molecular complexity index is 948. The van der Waals surface area contributed by atoms with Crippen molar-refractivity contribution in [2.45, 2.75) is 38.4 Å². The summed E-state index contributed by atoms with van der Waals surface area (Å²) in [6.07, 6.45) is 6.53. The number of thiophene rings is 1. The van der Waals surface area contributed by atoms with Crippen molar-refractivity contribution in [2.24, 2.45) is 5.92 Å². The number of ether oxygens (including phenoxy) is 2. The Hall–Kier alpha value is -1.92. The highest BCUT2D eigenvalue weighted by Crippen LogP contribution is 2.43. The molecular weight excluding hydrogens is 402 g/mol. The molecule has 154 valence electrons. The van der Waals surface area contributed by atoms with Gasteiger partial charge in [0.05, 0.1) is 19.1 Å². The van der Waals surface area contributed by atoms with Crippen LogP contribution in [0, 0.1) is 5.92 Å². The first-order valence-electron chi connectivity index (χ1n) is 10.1. The number of fused-ring (bicyclic) bond motifs is 3. The maximum Gasteiger partial charge on any atom is 0.257 e. The molecule has 0 spiro atoms. The number of rotatable bonds is 6. The van der Waals surface area contributed by atoms with Crippen LogP contribution >= 0.6 is 23.1 Å². The van der Waals surface area contributed by atoms with E-state index in [4.69, 9.17) is 9.47 Å². The van der Waals surface area contributed by atoms with E-state index in [0.29, 0.717) is 18.0 Å². The van der Waals surface area contributed by atoms with E-state index < -0.39 is 0 Å². The number of benzene rings is 1. The lowest BCUT2D eigenvalue weighted by Crippen LogP contribution is -2.26. The van der Waals surface area contributed by atoms with Gasteiger partial charge in [0, 0.05) is 22.1 Å². The molecular formula is C23H27NO3S2. The van der Waals surface area contributed by atoms with Crippen LogP contribution < -0.4 is 14.8 Å². The summed E-state index contributed by atoms with van der Waals surface area (Å²) in [5.74, 6) is 3.16. The summed E-state index contributed by atoms with van der Waals surface area (Å²) in [6.45, 7) is 2.93. The van der Waals surface area contributed by atoms with Crippen molar-refractivity contribution in [3.05, 3.63) is 49.5 Å². The lowest BCUT2D eigenvalue weighted by molar-refractivity contribution is -0.116. The van der Waals surface area contributed by atoms with Crippen molar-refractivity contribution in [1.82, 2.24) is 5.32 Å². The molecule has 0 fully saturated rings. The molecule has 4 nitrogen and oxygen atoms in total. The third-order valence-corrected chi connectivity index (χ3v) is 7.95. The van der Waals surface area contributed by atoms with E-state index in [0.717, 1.165) is 28.6 Å². The zero-order valence-corrected chi connectivity index (χ0v) is 18.8. The molecule has 1 N–H and O–H groups in total. The Morgan fingerprint density at radius 2 is 2.03 bits per heavy atom. The molecule has 1 aliphatic carbocycles. The zero-order chi connectivity index (χ0) is 20.4. The first kappa shape index (κ1) is 20.4. The second-order valence-electron chi connectivity index (χ2n) is 7.69. The molecule has 1 atom stereocenters. The summed E-state index contributed by atoms with van der Waals surface area (Å²) < 4.78 is 10.6. The summed E-state index contributed by atoms with van der Waals surface area (Å²) in [5, 5.41) is 3.07. The quantitative estimate of drug-likeness (QED) is 0.714. The van der Waals surface area contributed by atoms with Gasteiger partial charge in [-0.1, -0.05) is 13.0 Å². The van der Waals surface area contributed by atoms with Crippen LogP contribution in [0.4, 0.5) is 0 Å². The monoisotopic (exact) mass is 429 g/mol. The Morgan fingerprint density at radius 1 is 1.21 bits per heavy atom. The third kappa shape index (κ3) is 4.33. The first-order valence-corrected chi connectivity index (χ1v) is 11.9. The van der Waals surface area contributed by atoms with Gasteiger partial charge in [0.15, 0.2) is 11.5 Å². The van der Waals surface area contributed by atoms with E-state index in [2.05, 4.69) is 18.3 Å². The van der Waals surface area contributed by atoms with Gasteiger partial charge in [-0.2, -0.15) is 0 Å². The Balaban J connectivity index is 1.38. The minimum atomic E-state index is 0.0286. The van der Waals surface area contributed by atoms with E-state index in [1.165, 1.54) is 29.7 Å². The molecule has 2 aromatic rings. The molecule has 6 heteroatoms. The average molecular weight is 430 g/mol. The number of thioether (sulfide) groups is 1. The van der Waals surface area contributed by atoms with E-state index in [1.54, 1.807) is 36.4 Å². The summed E-state index contributed by atoms with van der Waals surface area (Å²) in [5.41, 5.74) is 4.15. The van der Waals surface area contributed by atoms with Gasteiger partial charge in [-0.25, -0.2) is 0 Å². The summed E-state index contributed by atoms with van der Waals surface area (Å²) >= 11 is 3.56. The summed E-state index contributed by atoms with van der Waals surface area (Å²) in [6, 6.07) is 5.87. The van der Waals surface area contributed by atoms with Crippen LogP contribution in [-0.4, -0.2) is 26.7 Å². The van der Waals surface area contributed by atoms with E-state index in [1.807, 2.05) is 29.5 Å². The number of carbonyl (C=O) groups excluding carboxylic acids is 1. The smallest absolute Gasteiger partial charge is 0.257 e. The van der Waals surface area contributed by atoms with Crippen LogP contribution in [0.2, 0.25) is 0 Å². The van der Waals surface area contributed by atoms with Crippen molar-refractivity contribution >= 4 is 35.1 Å². The maximum absolute atomic E-state index is 12.7. The molecule has 0 radical (unpaired) electrons. The van der Waals surface area contributed by atoms with Gasteiger partial charge in [0.2, 0.25) is 0 Å². The van der Waals surface area contributed by atoms with Gasteiger partial charge in [-0.15, -0.1) is 23.1 Å². The van der Waals surface area contributed by atoms with Gasteiger partial charge in [0.1, 0.15) is 0 Å². The predicted octanol–water partition coefficient (Wildman–Crippen LogP) is 4.84. The first-order chi connectivity index (χ1) is 14.1. The van der Waals surface area contributed by atoms with Gasteiger partial charge < -0.3 is 14.8 Å². The average Bonchev–Trinajstić information content (AvgIpc) is 3.09. The van der Waals surface area contributed by atoms with Crippen molar-refractivity contribution in [3.8, 4) is 11.5 Å². The fourth-order valence-electron chi connectivity index (χ4n) is 4.00. The summed E-state index contributed by atoms with van der Waals surface area (Å²) in [4.78, 5) is 16.3. The lowest BCUT2D eigenvalue weighted by Gasteiger charge is -2.20. The van der Waals surface area contributed by atoms with Crippen molar-refractivity contribution in [2.75, 3.05) is 20.8 Å². The largest absolute Gasteiger partial charge is 0.493 e. The Kier molecular flexibility index (Phi) is 6.20. The lowest BCUT2D eigenvalue weighted by atomic mass is 9.88. The van der Waals surface area contributed by atoms with Gasteiger partial charge >= 0.3 is 0 Å². The molecule has 1 unspecified atom stereocenters. The zero-order valence-electron chi connectivity index (χ0n) is 17.2. The predicted molar refractivity (Wildman–Crippen MR) is 121 cm³/mol. The van der Waals surface area contributed by atoms with E-state index >= 15 is 0 Å². The number of amides is 1. The number of hydrogen-bond acceptors (Lipinski definition) is 5. The van der Waals surface area contributed by atoms with Crippen LogP contribution in [0.3, 0.4) is 0 Å². The molecule has 1 aromatic carbocycles. The van der Waals surface area contributed by atoms with Crippen LogP contribution in [0.25, 0.3) is 6.08 Å². The van der Waals surface area contributed by atoms with Gasteiger partial charge in [-0.05, 0) is 66.5 Å². The molecule has 0 bridgehead atoms. The highest BCUT2D eigenvalue weighted by Gasteiger charge is 2.26. The highest BCUT2D eigenvalue weighted by atomic mass is 32.2. The molecule has 2 aliphatic rings. The highest BCUT2D eigenvalue weighted by molar-refractivity contribution is 8.03. The molecule has 1 amide bonds. The molecule has 29 heavy (non-hydrogen) atoms. The third-order valence-electron chi connectivity index (χ3n) is 5.66. The molecule has 1 aromatic heterocycles. The molecule has 2 heterocycles. The van der Waals surface area contributed by atoms with Crippen LogP contribution in [0.1, 0.15) is 39.8 Å². The summed E-state index contributed by atoms with van der Waals surface area (Å²) in [7, 11) is 3.26. The van der Waals surface area contributed by atoms with E-state index in [9.17, 15) is 4.79 Å².